The lowest BCUT2D eigenvalue weighted by Gasteiger charge is -2.31. The van der Waals surface area contributed by atoms with Crippen molar-refractivity contribution in [3.8, 4) is 0 Å². The summed E-state index contributed by atoms with van der Waals surface area (Å²) in [5.74, 6) is -0.219. The maximum absolute atomic E-state index is 11.9. The van der Waals surface area contributed by atoms with Gasteiger partial charge in [0, 0.05) is 19.0 Å². The van der Waals surface area contributed by atoms with Crippen molar-refractivity contribution in [2.75, 3.05) is 26.7 Å². The first-order valence-electron chi connectivity index (χ1n) is 7.16. The van der Waals surface area contributed by atoms with Crippen LogP contribution in [0.2, 0.25) is 0 Å². The Morgan fingerprint density at radius 3 is 2.63 bits per heavy atom. The summed E-state index contributed by atoms with van der Waals surface area (Å²) in [5, 5.41) is 0. The van der Waals surface area contributed by atoms with E-state index >= 15 is 0 Å². The van der Waals surface area contributed by atoms with E-state index in [-0.39, 0.29) is 24.0 Å². The van der Waals surface area contributed by atoms with Crippen LogP contribution in [0.15, 0.2) is 0 Å². The molecule has 1 aliphatic rings. The molecule has 0 radical (unpaired) electrons. The molecular formula is C14H26N2O3. The molecule has 1 saturated heterocycles. The summed E-state index contributed by atoms with van der Waals surface area (Å²) in [5.41, 5.74) is 0. The van der Waals surface area contributed by atoms with Crippen molar-refractivity contribution >= 4 is 11.9 Å². The predicted octanol–water partition coefficient (Wildman–Crippen LogP) is 1.27. The van der Waals surface area contributed by atoms with Gasteiger partial charge in [0.25, 0.3) is 0 Å². The molecule has 0 aromatic heterocycles. The number of likely N-dealkylation sites (tertiary alicyclic amines) is 1. The third-order valence-corrected chi connectivity index (χ3v) is 3.96. The number of carbonyl (C=O) groups is 2. The average molecular weight is 270 g/mol. The summed E-state index contributed by atoms with van der Waals surface area (Å²) >= 11 is 0. The molecule has 19 heavy (non-hydrogen) atoms. The molecule has 1 aliphatic heterocycles. The highest BCUT2D eigenvalue weighted by atomic mass is 16.5. The van der Waals surface area contributed by atoms with Crippen LogP contribution in [0.1, 0.15) is 40.0 Å². The number of rotatable bonds is 7. The second-order valence-electron chi connectivity index (χ2n) is 5.04. The minimum absolute atomic E-state index is 0.0717. The number of amides is 1. The third-order valence-electron chi connectivity index (χ3n) is 3.96. The van der Waals surface area contributed by atoms with E-state index < -0.39 is 0 Å². The lowest BCUT2D eigenvalue weighted by atomic mass is 10.1. The Kier molecular flexibility index (Phi) is 6.28. The van der Waals surface area contributed by atoms with Gasteiger partial charge in [-0.3, -0.25) is 4.79 Å². The smallest absolute Gasteiger partial charge is 0.328 e. The minimum atomic E-state index is -0.385. The van der Waals surface area contributed by atoms with Gasteiger partial charge in [0.2, 0.25) is 5.91 Å². The molecule has 0 N–H and O–H groups in total. The summed E-state index contributed by atoms with van der Waals surface area (Å²) in [6, 6.07) is -0.302. The Bertz CT molecular complexity index is 316. The van der Waals surface area contributed by atoms with E-state index in [0.717, 1.165) is 26.1 Å². The third kappa shape index (κ3) is 3.93. The molecule has 5 nitrogen and oxygen atoms in total. The summed E-state index contributed by atoms with van der Waals surface area (Å²) in [7, 11) is 1.38. The van der Waals surface area contributed by atoms with Gasteiger partial charge in [0.1, 0.15) is 6.04 Å². The van der Waals surface area contributed by atoms with Crippen molar-refractivity contribution in [3.05, 3.63) is 0 Å². The standard InChI is InChI=1S/C14H26N2O3/c1-5-15(6-2)10-9-11(3)16-12(14(18)19-4)7-8-13(16)17/h11-12H,5-10H2,1-4H3. The summed E-state index contributed by atoms with van der Waals surface area (Å²) in [6.45, 7) is 9.25. The van der Waals surface area contributed by atoms with Gasteiger partial charge < -0.3 is 14.5 Å². The molecule has 0 saturated carbocycles. The first-order valence-corrected chi connectivity index (χ1v) is 7.16. The monoisotopic (exact) mass is 270 g/mol. The molecule has 110 valence electrons. The second kappa shape index (κ2) is 7.48. The van der Waals surface area contributed by atoms with Crippen molar-refractivity contribution in [1.82, 2.24) is 9.80 Å². The molecule has 5 heteroatoms. The molecular weight excluding hydrogens is 244 g/mol. The number of hydrogen-bond donors (Lipinski definition) is 0. The van der Waals surface area contributed by atoms with Crippen LogP contribution >= 0.6 is 0 Å². The lowest BCUT2D eigenvalue weighted by Crippen LogP contribution is -2.46. The highest BCUT2D eigenvalue weighted by Gasteiger charge is 2.39. The molecule has 1 heterocycles. The fourth-order valence-corrected chi connectivity index (χ4v) is 2.67. The van der Waals surface area contributed by atoms with Crippen LogP contribution in [0.3, 0.4) is 0 Å². The van der Waals surface area contributed by atoms with Crippen molar-refractivity contribution in [1.29, 1.82) is 0 Å². The molecule has 0 spiro atoms. The SMILES string of the molecule is CCN(CC)CCC(C)N1C(=O)CCC1C(=O)OC. The second-order valence-corrected chi connectivity index (χ2v) is 5.04. The molecule has 2 unspecified atom stereocenters. The van der Waals surface area contributed by atoms with E-state index in [1.54, 1.807) is 4.90 Å². The number of esters is 1. The van der Waals surface area contributed by atoms with Crippen molar-refractivity contribution in [2.45, 2.75) is 52.1 Å². The molecule has 1 amide bonds. The first-order chi connectivity index (χ1) is 9.04. The van der Waals surface area contributed by atoms with Crippen molar-refractivity contribution < 1.29 is 14.3 Å². The van der Waals surface area contributed by atoms with Gasteiger partial charge in [-0.25, -0.2) is 4.79 Å². The van der Waals surface area contributed by atoms with E-state index in [1.807, 2.05) is 6.92 Å². The van der Waals surface area contributed by atoms with E-state index in [9.17, 15) is 9.59 Å². The topological polar surface area (TPSA) is 49.9 Å². The number of carbonyl (C=O) groups excluding carboxylic acids is 2. The van der Waals surface area contributed by atoms with Crippen LogP contribution in [0.5, 0.6) is 0 Å². The molecule has 1 fully saturated rings. The lowest BCUT2D eigenvalue weighted by molar-refractivity contribution is -0.150. The number of ether oxygens (including phenoxy) is 1. The Hall–Kier alpha value is -1.10. The predicted molar refractivity (Wildman–Crippen MR) is 73.8 cm³/mol. The zero-order valence-corrected chi connectivity index (χ0v) is 12.5. The van der Waals surface area contributed by atoms with Crippen LogP contribution in [-0.4, -0.2) is 60.5 Å². The Balaban J connectivity index is 2.59. The van der Waals surface area contributed by atoms with Crippen molar-refractivity contribution in [3.63, 3.8) is 0 Å². The Labute approximate surface area is 115 Å². The van der Waals surface area contributed by atoms with Crippen LogP contribution in [0.4, 0.5) is 0 Å². The minimum Gasteiger partial charge on any atom is -0.467 e. The summed E-state index contributed by atoms with van der Waals surface area (Å²) in [4.78, 5) is 27.7. The molecule has 0 aliphatic carbocycles. The Morgan fingerprint density at radius 1 is 1.47 bits per heavy atom. The fraction of sp³-hybridized carbons (Fsp3) is 0.857. The molecule has 0 aromatic rings. The van der Waals surface area contributed by atoms with Gasteiger partial charge in [0.15, 0.2) is 0 Å². The van der Waals surface area contributed by atoms with Crippen LogP contribution < -0.4 is 0 Å². The van der Waals surface area contributed by atoms with Gasteiger partial charge >= 0.3 is 5.97 Å². The zero-order chi connectivity index (χ0) is 14.4. The molecule has 2 atom stereocenters. The van der Waals surface area contributed by atoms with Gasteiger partial charge in [-0.15, -0.1) is 0 Å². The zero-order valence-electron chi connectivity index (χ0n) is 12.5. The highest BCUT2D eigenvalue weighted by Crippen LogP contribution is 2.24. The van der Waals surface area contributed by atoms with E-state index in [2.05, 4.69) is 18.7 Å². The van der Waals surface area contributed by atoms with Gasteiger partial charge in [-0.1, -0.05) is 13.8 Å². The maximum Gasteiger partial charge on any atom is 0.328 e. The molecule has 1 rings (SSSR count). The Morgan fingerprint density at radius 2 is 2.11 bits per heavy atom. The average Bonchev–Trinajstić information content (AvgIpc) is 2.80. The van der Waals surface area contributed by atoms with Crippen LogP contribution in [-0.2, 0) is 14.3 Å². The fourth-order valence-electron chi connectivity index (χ4n) is 2.67. The summed E-state index contributed by atoms with van der Waals surface area (Å²) in [6.07, 6.45) is 1.93. The number of methoxy groups -OCH3 is 1. The van der Waals surface area contributed by atoms with Gasteiger partial charge in [-0.2, -0.15) is 0 Å². The quantitative estimate of drug-likeness (QED) is 0.654. The van der Waals surface area contributed by atoms with E-state index in [0.29, 0.717) is 12.8 Å². The van der Waals surface area contributed by atoms with Gasteiger partial charge in [0.05, 0.1) is 7.11 Å². The maximum atomic E-state index is 11.9. The van der Waals surface area contributed by atoms with Crippen LogP contribution in [0, 0.1) is 0 Å². The normalized spacial score (nSPS) is 21.0. The van der Waals surface area contributed by atoms with Crippen molar-refractivity contribution in [2.24, 2.45) is 0 Å². The number of nitrogens with zero attached hydrogens (tertiary/aromatic N) is 2. The number of hydrogen-bond acceptors (Lipinski definition) is 4. The van der Waals surface area contributed by atoms with E-state index in [1.165, 1.54) is 7.11 Å². The highest BCUT2D eigenvalue weighted by molar-refractivity contribution is 5.88. The first kappa shape index (κ1) is 16.0. The largest absolute Gasteiger partial charge is 0.467 e. The summed E-state index contributed by atoms with van der Waals surface area (Å²) < 4.78 is 4.79. The van der Waals surface area contributed by atoms with E-state index in [4.69, 9.17) is 4.74 Å². The molecule has 0 bridgehead atoms. The van der Waals surface area contributed by atoms with Gasteiger partial charge in [-0.05, 0) is 32.9 Å². The molecule has 0 aromatic carbocycles. The van der Waals surface area contributed by atoms with Crippen LogP contribution in [0.25, 0.3) is 0 Å².